The van der Waals surface area contributed by atoms with Gasteiger partial charge in [-0.2, -0.15) is 0 Å². The third-order valence-corrected chi connectivity index (χ3v) is 9.67. The van der Waals surface area contributed by atoms with Crippen LogP contribution in [0.1, 0.15) is 69.2 Å². The van der Waals surface area contributed by atoms with Crippen molar-refractivity contribution in [2.75, 3.05) is 33.3 Å². The third-order valence-electron chi connectivity index (χ3n) is 9.67. The van der Waals surface area contributed by atoms with E-state index in [9.17, 15) is 4.79 Å². The van der Waals surface area contributed by atoms with E-state index in [1.54, 1.807) is 7.11 Å². The first-order valence-electron chi connectivity index (χ1n) is 15.8. The predicted molar refractivity (Wildman–Crippen MR) is 186 cm³/mol. The molecule has 5 nitrogen and oxygen atoms in total. The fourth-order valence-electron chi connectivity index (χ4n) is 7.42. The molecule has 44 heavy (non-hydrogen) atoms. The minimum atomic E-state index is 0. The van der Waals surface area contributed by atoms with Gasteiger partial charge in [-0.15, -0.1) is 24.8 Å². The van der Waals surface area contributed by atoms with Crippen LogP contribution < -0.4 is 10.1 Å². The summed E-state index contributed by atoms with van der Waals surface area (Å²) in [5.41, 5.74) is 5.17. The second-order valence-corrected chi connectivity index (χ2v) is 13.0. The molecule has 6 rings (SSSR count). The molecule has 0 aliphatic carbocycles. The highest BCUT2D eigenvalue weighted by Gasteiger charge is 2.52. The van der Waals surface area contributed by atoms with E-state index in [4.69, 9.17) is 4.74 Å². The lowest BCUT2D eigenvalue weighted by Gasteiger charge is -2.57. The molecule has 3 aromatic carbocycles. The van der Waals surface area contributed by atoms with Gasteiger partial charge in [-0.1, -0.05) is 93.6 Å². The van der Waals surface area contributed by atoms with Crippen LogP contribution in [0.4, 0.5) is 0 Å². The van der Waals surface area contributed by atoms with Crippen LogP contribution in [0.3, 0.4) is 0 Å². The summed E-state index contributed by atoms with van der Waals surface area (Å²) in [4.78, 5) is 18.5. The average molecular weight is 641 g/mol. The van der Waals surface area contributed by atoms with Gasteiger partial charge in [0.1, 0.15) is 5.75 Å². The van der Waals surface area contributed by atoms with Crippen LogP contribution in [0.5, 0.6) is 5.75 Å². The number of nitrogens with one attached hydrogen (secondary N) is 1. The molecule has 3 aromatic rings. The molecule has 0 spiro atoms. The molecular weight excluding hydrogens is 589 g/mol. The summed E-state index contributed by atoms with van der Waals surface area (Å²) in [5, 5.41) is 4.06. The quantitative estimate of drug-likeness (QED) is 0.253. The number of piperidine rings is 3. The number of ether oxygens (including phenoxy) is 1. The Balaban J connectivity index is 0.00000264. The molecule has 240 valence electrons. The van der Waals surface area contributed by atoms with Crippen molar-refractivity contribution in [3.63, 3.8) is 0 Å². The fourth-order valence-corrected chi connectivity index (χ4v) is 7.42. The smallest absolute Gasteiger partial charge is 0.227 e. The molecule has 3 heterocycles. The van der Waals surface area contributed by atoms with Crippen LogP contribution >= 0.6 is 24.8 Å². The Morgan fingerprint density at radius 3 is 2.07 bits per heavy atom. The second kappa shape index (κ2) is 15.6. The number of fused-ring (bicyclic) bond motifs is 3. The standard InChI is InChI=1S/C37H49N3O2.2ClH/c1-7-39(8-2)36(41)31-25-40-22-21-30(31)34(38-24-28-23-29(37(3,4)5)19-20-32(28)42-6)35(40)33(26-15-11-9-12-16-26)27-17-13-10-14-18-27;;/h9-20,23,30-31,33-35,38H,7-8,21-22,24-25H2,1-6H3;2*1H. The van der Waals surface area contributed by atoms with Crippen molar-refractivity contribution in [2.45, 2.75) is 71.0 Å². The summed E-state index contributed by atoms with van der Waals surface area (Å²) in [6.45, 7) is 15.0. The van der Waals surface area contributed by atoms with Crippen LogP contribution in [-0.2, 0) is 16.8 Å². The zero-order chi connectivity index (χ0) is 29.9. The molecule has 1 N–H and O–H groups in total. The Kier molecular flexibility index (Phi) is 12.7. The van der Waals surface area contributed by atoms with Gasteiger partial charge in [0, 0.05) is 49.7 Å². The van der Waals surface area contributed by atoms with E-state index in [0.717, 1.165) is 38.3 Å². The lowest BCUT2D eigenvalue weighted by Crippen LogP contribution is -2.69. The first-order valence-corrected chi connectivity index (χ1v) is 15.8. The Morgan fingerprint density at radius 1 is 0.955 bits per heavy atom. The SMILES string of the molecule is CCN(CC)C(=O)C1CN2CCC1C(NCc1cc(C(C)(C)C)ccc1OC)C2C(c1ccccc1)c1ccccc1.Cl.Cl. The summed E-state index contributed by atoms with van der Waals surface area (Å²) in [6.07, 6.45) is 1.03. The summed E-state index contributed by atoms with van der Waals surface area (Å²) in [5.74, 6) is 1.68. The zero-order valence-electron chi connectivity index (χ0n) is 27.2. The summed E-state index contributed by atoms with van der Waals surface area (Å²) in [7, 11) is 1.76. The highest BCUT2D eigenvalue weighted by atomic mass is 35.5. The van der Waals surface area contributed by atoms with E-state index in [-0.39, 0.29) is 60.1 Å². The maximum absolute atomic E-state index is 13.9. The maximum Gasteiger partial charge on any atom is 0.227 e. The largest absolute Gasteiger partial charge is 0.496 e. The zero-order valence-corrected chi connectivity index (χ0v) is 28.8. The van der Waals surface area contributed by atoms with Crippen LogP contribution in [0, 0.1) is 11.8 Å². The van der Waals surface area contributed by atoms with Crippen molar-refractivity contribution in [1.82, 2.24) is 15.1 Å². The Labute approximate surface area is 277 Å². The number of halogens is 2. The van der Waals surface area contributed by atoms with Gasteiger partial charge in [0.2, 0.25) is 5.91 Å². The van der Waals surface area contributed by atoms with Gasteiger partial charge in [0.15, 0.2) is 0 Å². The van der Waals surface area contributed by atoms with Gasteiger partial charge in [-0.25, -0.2) is 0 Å². The maximum atomic E-state index is 13.9. The van der Waals surface area contributed by atoms with Crippen molar-refractivity contribution >= 4 is 30.7 Å². The minimum absolute atomic E-state index is 0. The molecule has 3 aliphatic rings. The summed E-state index contributed by atoms with van der Waals surface area (Å²) >= 11 is 0. The number of nitrogens with zero attached hydrogens (tertiary/aromatic N) is 2. The Morgan fingerprint density at radius 2 is 1.55 bits per heavy atom. The molecule has 3 aliphatic heterocycles. The van der Waals surface area contributed by atoms with E-state index < -0.39 is 0 Å². The lowest BCUT2D eigenvalue weighted by atomic mass is 9.66. The van der Waals surface area contributed by atoms with E-state index >= 15 is 0 Å². The molecule has 7 heteroatoms. The second-order valence-electron chi connectivity index (χ2n) is 13.0. The fraction of sp³-hybridized carbons (Fsp3) is 0.486. The number of methoxy groups -OCH3 is 1. The molecule has 5 atom stereocenters. The van der Waals surface area contributed by atoms with Gasteiger partial charge < -0.3 is 15.0 Å². The van der Waals surface area contributed by atoms with Crippen LogP contribution in [0.25, 0.3) is 0 Å². The van der Waals surface area contributed by atoms with Crippen molar-refractivity contribution in [1.29, 1.82) is 0 Å². The van der Waals surface area contributed by atoms with Gasteiger partial charge in [-0.05, 0) is 60.9 Å². The highest BCUT2D eigenvalue weighted by Crippen LogP contribution is 2.45. The summed E-state index contributed by atoms with van der Waals surface area (Å²) in [6, 6.07) is 28.8. The van der Waals surface area contributed by atoms with Gasteiger partial charge in [0.25, 0.3) is 0 Å². The number of carbonyl (C=O) groups is 1. The van der Waals surface area contributed by atoms with Crippen LogP contribution in [-0.4, -0.2) is 61.1 Å². The van der Waals surface area contributed by atoms with E-state index in [0.29, 0.717) is 12.5 Å². The predicted octanol–water partition coefficient (Wildman–Crippen LogP) is 7.32. The molecule has 2 bridgehead atoms. The van der Waals surface area contributed by atoms with E-state index in [2.05, 4.69) is 124 Å². The normalized spacial score (nSPS) is 22.6. The summed E-state index contributed by atoms with van der Waals surface area (Å²) < 4.78 is 5.84. The average Bonchev–Trinajstić information content (AvgIpc) is 3.01. The Bertz CT molecular complexity index is 1290. The molecule has 1 amide bonds. The van der Waals surface area contributed by atoms with E-state index in [1.165, 1.54) is 22.3 Å². The van der Waals surface area contributed by atoms with Crippen LogP contribution in [0.15, 0.2) is 78.9 Å². The highest BCUT2D eigenvalue weighted by molar-refractivity contribution is 5.85. The molecule has 5 unspecified atom stereocenters. The van der Waals surface area contributed by atoms with Crippen molar-refractivity contribution in [3.05, 3.63) is 101 Å². The number of carbonyl (C=O) groups excluding carboxylic acids is 1. The van der Waals surface area contributed by atoms with Crippen molar-refractivity contribution < 1.29 is 9.53 Å². The number of benzene rings is 3. The number of amides is 1. The van der Waals surface area contributed by atoms with Gasteiger partial charge in [0.05, 0.1) is 13.0 Å². The minimum Gasteiger partial charge on any atom is -0.496 e. The topological polar surface area (TPSA) is 44.8 Å². The van der Waals surface area contributed by atoms with E-state index in [1.807, 2.05) is 4.90 Å². The molecule has 3 saturated heterocycles. The van der Waals surface area contributed by atoms with Crippen molar-refractivity contribution in [3.8, 4) is 5.75 Å². The molecular formula is C37H51Cl2N3O2. The lowest BCUT2D eigenvalue weighted by molar-refractivity contribution is -0.145. The van der Waals surface area contributed by atoms with Crippen molar-refractivity contribution in [2.24, 2.45) is 11.8 Å². The monoisotopic (exact) mass is 639 g/mol. The van der Waals surface area contributed by atoms with Gasteiger partial charge >= 0.3 is 0 Å². The van der Waals surface area contributed by atoms with Crippen LogP contribution in [0.2, 0.25) is 0 Å². The molecule has 3 fully saturated rings. The first-order chi connectivity index (χ1) is 20.3. The number of hydrogen-bond donors (Lipinski definition) is 1. The molecule has 0 saturated carbocycles. The number of hydrogen-bond acceptors (Lipinski definition) is 4. The van der Waals surface area contributed by atoms with Gasteiger partial charge in [-0.3, -0.25) is 9.69 Å². The molecule has 0 radical (unpaired) electrons. The first kappa shape index (κ1) is 35.9. The Hall–Kier alpha value is -2.57. The molecule has 0 aromatic heterocycles. The third kappa shape index (κ3) is 7.45. The number of rotatable bonds is 10.